The average molecular weight is 811 g/mol. The summed E-state index contributed by atoms with van der Waals surface area (Å²) in [5.74, 6) is 0.559. The van der Waals surface area contributed by atoms with Gasteiger partial charge in [-0.05, 0) is 87.5 Å². The fourth-order valence-electron chi connectivity index (χ4n) is 9.80. The molecule has 2 aromatic heterocycles. The van der Waals surface area contributed by atoms with Crippen molar-refractivity contribution in [3.05, 3.63) is 81.4 Å². The number of nitrogens with zero attached hydrogens (tertiary/aromatic N) is 6. The van der Waals surface area contributed by atoms with Crippen LogP contribution < -0.4 is 10.6 Å². The highest BCUT2D eigenvalue weighted by molar-refractivity contribution is 6.36. The summed E-state index contributed by atoms with van der Waals surface area (Å²) >= 11 is 7.05. The standard InChI is InChI=1S/C44H55ClN8O5/c1-26-31(7-5-9-33(26)48-42(55)40-47-36-25-53(22-20-38(36)51(40)3)29-15-17-30(54)18-16-29)32-8-6-10-34(39(32)45)49-43(56)41-46-35-24-52(21-19-37(35)50(41)2)23-27-11-13-28(14-12-27)44(57)58-4/h5-10,27-30,54H,11-25H2,1-4H3,(H,48,55)(H,49,56). The molecule has 13 nitrogen and oxygen atoms in total. The molecule has 0 unspecified atom stereocenters. The summed E-state index contributed by atoms with van der Waals surface area (Å²) in [4.78, 5) is 54.1. The van der Waals surface area contributed by atoms with E-state index in [1.807, 2.05) is 60.5 Å². The molecule has 8 rings (SSSR count). The van der Waals surface area contributed by atoms with E-state index >= 15 is 0 Å². The van der Waals surface area contributed by atoms with Crippen LogP contribution in [0.5, 0.6) is 0 Å². The molecule has 14 heteroatoms. The maximum Gasteiger partial charge on any atom is 0.308 e. The van der Waals surface area contributed by atoms with Gasteiger partial charge in [0, 0.05) is 88.3 Å². The number of benzene rings is 2. The molecule has 308 valence electrons. The number of imidazole rings is 2. The van der Waals surface area contributed by atoms with Crippen LogP contribution in [0, 0.1) is 18.8 Å². The number of hydrogen-bond acceptors (Lipinski definition) is 9. The Kier molecular flexibility index (Phi) is 11.8. The van der Waals surface area contributed by atoms with Crippen molar-refractivity contribution in [2.45, 2.75) is 96.4 Å². The monoisotopic (exact) mass is 810 g/mol. The summed E-state index contributed by atoms with van der Waals surface area (Å²) in [5.41, 5.74) is 7.54. The van der Waals surface area contributed by atoms with Gasteiger partial charge in [-0.1, -0.05) is 35.9 Å². The van der Waals surface area contributed by atoms with E-state index in [-0.39, 0.29) is 29.8 Å². The molecule has 2 fully saturated rings. The lowest BCUT2D eigenvalue weighted by molar-refractivity contribution is -0.146. The molecule has 3 N–H and O–H groups in total. The van der Waals surface area contributed by atoms with Crippen molar-refractivity contribution in [1.29, 1.82) is 0 Å². The SMILES string of the molecule is COC(=O)C1CCC(CN2CCc3c(nc(C(=O)Nc4cccc(-c5cccc(NC(=O)c6nc7c(n6C)CCN(C6CCC(O)CC6)C7)c5C)c4Cl)n3C)C2)CC1. The predicted octanol–water partition coefficient (Wildman–Crippen LogP) is 6.29. The zero-order valence-corrected chi connectivity index (χ0v) is 34.8. The van der Waals surface area contributed by atoms with E-state index in [1.165, 1.54) is 7.11 Å². The largest absolute Gasteiger partial charge is 0.469 e. The zero-order valence-electron chi connectivity index (χ0n) is 34.0. The van der Waals surface area contributed by atoms with Gasteiger partial charge >= 0.3 is 5.97 Å². The molecule has 4 aromatic rings. The number of aliphatic hydroxyl groups is 1. The lowest BCUT2D eigenvalue weighted by Crippen LogP contribution is -2.42. The van der Waals surface area contributed by atoms with E-state index in [2.05, 4.69) is 20.4 Å². The molecule has 4 aliphatic rings. The third-order valence-electron chi connectivity index (χ3n) is 13.2. The smallest absolute Gasteiger partial charge is 0.308 e. The number of aliphatic hydroxyl groups excluding tert-OH is 1. The molecule has 2 aliphatic carbocycles. The van der Waals surface area contributed by atoms with Crippen LogP contribution in [0.1, 0.15) is 101 Å². The Balaban J connectivity index is 0.925. The van der Waals surface area contributed by atoms with Crippen molar-refractivity contribution in [1.82, 2.24) is 28.9 Å². The van der Waals surface area contributed by atoms with Crippen LogP contribution in [0.3, 0.4) is 0 Å². The molecule has 2 aliphatic heterocycles. The van der Waals surface area contributed by atoms with Gasteiger partial charge in [-0.2, -0.15) is 0 Å². The van der Waals surface area contributed by atoms with Crippen LogP contribution in [-0.4, -0.2) is 90.7 Å². The van der Waals surface area contributed by atoms with Crippen LogP contribution in [0.15, 0.2) is 36.4 Å². The van der Waals surface area contributed by atoms with E-state index in [4.69, 9.17) is 26.3 Å². The van der Waals surface area contributed by atoms with Gasteiger partial charge in [0.1, 0.15) is 0 Å². The Hall–Kier alpha value is -4.56. The number of carbonyl (C=O) groups excluding carboxylic acids is 3. The number of carbonyl (C=O) groups is 3. The summed E-state index contributed by atoms with van der Waals surface area (Å²) in [6.45, 7) is 6.11. The maximum atomic E-state index is 13.8. The lowest BCUT2D eigenvalue weighted by Gasteiger charge is -2.37. The second kappa shape index (κ2) is 17.0. The summed E-state index contributed by atoms with van der Waals surface area (Å²) in [6, 6.07) is 11.7. The number of methoxy groups -OCH3 is 1. The van der Waals surface area contributed by atoms with Crippen LogP contribution in [0.4, 0.5) is 11.4 Å². The normalized spacial score (nSPS) is 22.5. The number of rotatable bonds is 9. The maximum absolute atomic E-state index is 13.8. The quantitative estimate of drug-likeness (QED) is 0.166. The topological polar surface area (TPSA) is 147 Å². The van der Waals surface area contributed by atoms with Gasteiger partial charge in [0.15, 0.2) is 11.6 Å². The molecule has 2 aromatic carbocycles. The molecule has 0 radical (unpaired) electrons. The van der Waals surface area contributed by atoms with Gasteiger partial charge in [0.05, 0.1) is 41.2 Å². The van der Waals surface area contributed by atoms with Crippen molar-refractivity contribution >= 4 is 40.8 Å². The second-order valence-electron chi connectivity index (χ2n) is 16.7. The Morgan fingerprint density at radius 3 is 2.03 bits per heavy atom. The van der Waals surface area contributed by atoms with Gasteiger partial charge in [0.25, 0.3) is 11.8 Å². The highest BCUT2D eigenvalue weighted by atomic mass is 35.5. The zero-order chi connectivity index (χ0) is 40.7. The van der Waals surface area contributed by atoms with Gasteiger partial charge in [-0.3, -0.25) is 24.2 Å². The van der Waals surface area contributed by atoms with Crippen molar-refractivity contribution in [2.75, 3.05) is 37.4 Å². The minimum Gasteiger partial charge on any atom is -0.469 e. The fourth-order valence-corrected chi connectivity index (χ4v) is 10.1. The summed E-state index contributed by atoms with van der Waals surface area (Å²) in [7, 11) is 5.27. The molecule has 2 amide bonds. The Labute approximate surface area is 345 Å². The second-order valence-corrected chi connectivity index (χ2v) is 17.1. The van der Waals surface area contributed by atoms with E-state index in [0.29, 0.717) is 53.1 Å². The number of halogens is 1. The van der Waals surface area contributed by atoms with E-state index in [0.717, 1.165) is 123 Å². The van der Waals surface area contributed by atoms with E-state index in [1.54, 1.807) is 6.07 Å². The average Bonchev–Trinajstić information content (AvgIpc) is 3.74. The van der Waals surface area contributed by atoms with Gasteiger partial charge < -0.3 is 29.6 Å². The van der Waals surface area contributed by atoms with Gasteiger partial charge in [-0.25, -0.2) is 9.97 Å². The van der Waals surface area contributed by atoms with Crippen LogP contribution in [0.25, 0.3) is 11.1 Å². The predicted molar refractivity (Wildman–Crippen MR) is 223 cm³/mol. The first-order chi connectivity index (χ1) is 28.0. The number of ether oxygens (including phenoxy) is 1. The van der Waals surface area contributed by atoms with Crippen LogP contribution in [0.2, 0.25) is 5.02 Å². The van der Waals surface area contributed by atoms with Gasteiger partial charge in [-0.15, -0.1) is 0 Å². The van der Waals surface area contributed by atoms with Crippen molar-refractivity contribution in [3.8, 4) is 11.1 Å². The molecule has 0 saturated heterocycles. The molecular weight excluding hydrogens is 756 g/mol. The molecule has 4 heterocycles. The van der Waals surface area contributed by atoms with Crippen LogP contribution in [-0.2, 0) is 49.6 Å². The lowest BCUT2D eigenvalue weighted by atomic mass is 9.81. The molecule has 0 bridgehead atoms. The number of fused-ring (bicyclic) bond motifs is 2. The first-order valence-electron chi connectivity index (χ1n) is 20.8. The Morgan fingerprint density at radius 1 is 0.793 bits per heavy atom. The number of esters is 1. The van der Waals surface area contributed by atoms with Gasteiger partial charge in [0.2, 0.25) is 0 Å². The number of aromatic nitrogens is 4. The summed E-state index contributed by atoms with van der Waals surface area (Å²) < 4.78 is 8.78. The first kappa shape index (κ1) is 40.2. The summed E-state index contributed by atoms with van der Waals surface area (Å²) in [6.07, 6.45) is 8.86. The van der Waals surface area contributed by atoms with E-state index in [9.17, 15) is 19.5 Å². The number of anilines is 2. The van der Waals surface area contributed by atoms with Crippen molar-refractivity contribution < 1.29 is 24.2 Å². The third kappa shape index (κ3) is 8.06. The molecule has 0 spiro atoms. The van der Waals surface area contributed by atoms with E-state index < -0.39 is 0 Å². The minimum absolute atomic E-state index is 0.0162. The van der Waals surface area contributed by atoms with Crippen molar-refractivity contribution in [3.63, 3.8) is 0 Å². The minimum atomic E-state index is -0.334. The van der Waals surface area contributed by atoms with Crippen molar-refractivity contribution in [2.24, 2.45) is 25.9 Å². The molecular formula is C44H55ClN8O5. The molecule has 2 saturated carbocycles. The Morgan fingerprint density at radius 2 is 1.38 bits per heavy atom. The summed E-state index contributed by atoms with van der Waals surface area (Å²) in [5, 5.41) is 16.5. The highest BCUT2D eigenvalue weighted by Crippen LogP contribution is 2.38. The number of hydrogen-bond donors (Lipinski definition) is 3. The molecule has 0 atom stereocenters. The first-order valence-corrected chi connectivity index (χ1v) is 21.2. The molecule has 58 heavy (non-hydrogen) atoms. The Bertz CT molecular complexity index is 2200. The number of nitrogens with one attached hydrogen (secondary N) is 2. The van der Waals surface area contributed by atoms with Crippen LogP contribution >= 0.6 is 11.6 Å². The fraction of sp³-hybridized carbons (Fsp3) is 0.523. The number of amides is 2. The highest BCUT2D eigenvalue weighted by Gasteiger charge is 2.33. The third-order valence-corrected chi connectivity index (χ3v) is 13.6.